The van der Waals surface area contributed by atoms with E-state index in [4.69, 9.17) is 0 Å². The molecule has 26 heavy (non-hydrogen) atoms. The smallest absolute Gasteiger partial charge is 0.335 e. The number of phenolic OH excluding ortho intramolecular Hbond substituents is 1. The molecule has 0 spiro atoms. The van der Waals surface area contributed by atoms with Crippen LogP contribution in [0.25, 0.3) is 21.9 Å². The van der Waals surface area contributed by atoms with Gasteiger partial charge in [-0.3, -0.25) is 0 Å². The lowest BCUT2D eigenvalue weighted by atomic mass is 9.81. The van der Waals surface area contributed by atoms with Gasteiger partial charge < -0.3 is 15.3 Å². The van der Waals surface area contributed by atoms with Crippen LogP contribution in [0.2, 0.25) is 0 Å². The maximum absolute atomic E-state index is 11.4. The minimum absolute atomic E-state index is 0.0150. The maximum atomic E-state index is 11.4. The molecule has 0 radical (unpaired) electrons. The summed E-state index contributed by atoms with van der Waals surface area (Å²) in [4.78, 5) is 22.6. The van der Waals surface area contributed by atoms with Gasteiger partial charge in [0.1, 0.15) is 5.75 Å². The van der Waals surface area contributed by atoms with E-state index in [0.717, 1.165) is 27.6 Å². The SMILES string of the molecule is CC1(C)c2cc(C(=O)O)ccc2-c2c1cc(O)c1cc(C(=O)O)ccc21. The van der Waals surface area contributed by atoms with Crippen molar-refractivity contribution in [1.29, 1.82) is 0 Å². The summed E-state index contributed by atoms with van der Waals surface area (Å²) in [6, 6.07) is 11.4. The van der Waals surface area contributed by atoms with Crippen molar-refractivity contribution in [3.8, 4) is 16.9 Å². The van der Waals surface area contributed by atoms with Crippen LogP contribution in [-0.4, -0.2) is 27.3 Å². The largest absolute Gasteiger partial charge is 0.507 e. The third-order valence-electron chi connectivity index (χ3n) is 5.24. The van der Waals surface area contributed by atoms with Crippen LogP contribution in [0, 0.1) is 0 Å². The molecule has 3 N–H and O–H groups in total. The Morgan fingerprint density at radius 2 is 1.42 bits per heavy atom. The number of aromatic hydroxyl groups is 1. The zero-order valence-electron chi connectivity index (χ0n) is 14.2. The first-order valence-corrected chi connectivity index (χ1v) is 8.13. The molecule has 0 unspecified atom stereocenters. The van der Waals surface area contributed by atoms with Crippen molar-refractivity contribution in [2.45, 2.75) is 19.3 Å². The van der Waals surface area contributed by atoms with Crippen molar-refractivity contribution in [2.75, 3.05) is 0 Å². The zero-order chi connectivity index (χ0) is 18.8. The summed E-state index contributed by atoms with van der Waals surface area (Å²) >= 11 is 0. The van der Waals surface area contributed by atoms with Crippen molar-refractivity contribution >= 4 is 22.7 Å². The van der Waals surface area contributed by atoms with Crippen LogP contribution in [0.3, 0.4) is 0 Å². The van der Waals surface area contributed by atoms with E-state index < -0.39 is 17.4 Å². The van der Waals surface area contributed by atoms with Crippen molar-refractivity contribution in [2.24, 2.45) is 0 Å². The number of carbonyl (C=O) groups is 2. The molecular weight excluding hydrogens is 332 g/mol. The minimum atomic E-state index is -1.06. The standard InChI is InChI=1S/C21H16O5/c1-21(2)15-8-11(20(25)26)4-6-13(15)18-12-5-3-10(19(23)24)7-14(12)17(22)9-16(18)21/h3-9,22H,1-2H3,(H,23,24)(H,25,26). The molecule has 0 amide bonds. The van der Waals surface area contributed by atoms with Crippen LogP contribution >= 0.6 is 0 Å². The lowest BCUT2D eigenvalue weighted by Gasteiger charge is -2.22. The Hall–Kier alpha value is -3.34. The van der Waals surface area contributed by atoms with Gasteiger partial charge in [0.25, 0.3) is 0 Å². The summed E-state index contributed by atoms with van der Waals surface area (Å²) in [5.41, 5.74) is 3.42. The summed E-state index contributed by atoms with van der Waals surface area (Å²) in [5, 5.41) is 30.2. The first-order chi connectivity index (χ1) is 12.2. The van der Waals surface area contributed by atoms with Gasteiger partial charge in [-0.15, -0.1) is 0 Å². The summed E-state index contributed by atoms with van der Waals surface area (Å²) in [5.74, 6) is -2.03. The molecule has 4 rings (SSSR count). The molecule has 0 saturated heterocycles. The zero-order valence-corrected chi connectivity index (χ0v) is 14.2. The topological polar surface area (TPSA) is 94.8 Å². The molecule has 1 aliphatic carbocycles. The third kappa shape index (κ3) is 2.03. The van der Waals surface area contributed by atoms with E-state index in [0.29, 0.717) is 5.39 Å². The number of hydrogen-bond acceptors (Lipinski definition) is 3. The Morgan fingerprint density at radius 3 is 2.08 bits per heavy atom. The van der Waals surface area contributed by atoms with E-state index in [2.05, 4.69) is 0 Å². The Balaban J connectivity index is 2.10. The van der Waals surface area contributed by atoms with E-state index in [9.17, 15) is 24.9 Å². The monoisotopic (exact) mass is 348 g/mol. The number of rotatable bonds is 2. The summed E-state index contributed by atoms with van der Waals surface area (Å²) in [6.45, 7) is 3.97. The molecule has 0 bridgehead atoms. The number of phenols is 1. The number of aromatic carboxylic acids is 2. The van der Waals surface area contributed by atoms with Gasteiger partial charge in [0.15, 0.2) is 0 Å². The highest BCUT2D eigenvalue weighted by Gasteiger charge is 2.37. The van der Waals surface area contributed by atoms with E-state index in [1.54, 1.807) is 30.3 Å². The fraction of sp³-hybridized carbons (Fsp3) is 0.143. The van der Waals surface area contributed by atoms with Gasteiger partial charge in [-0.1, -0.05) is 26.0 Å². The van der Waals surface area contributed by atoms with E-state index in [1.165, 1.54) is 12.1 Å². The maximum Gasteiger partial charge on any atom is 0.335 e. The normalized spacial score (nSPS) is 14.1. The van der Waals surface area contributed by atoms with E-state index >= 15 is 0 Å². The molecule has 130 valence electrons. The molecule has 0 fully saturated rings. The van der Waals surface area contributed by atoms with Crippen LogP contribution in [0.4, 0.5) is 0 Å². The Labute approximate surface area is 149 Å². The molecule has 0 aromatic heterocycles. The second kappa shape index (κ2) is 5.08. The Morgan fingerprint density at radius 1 is 0.808 bits per heavy atom. The average Bonchev–Trinajstić information content (AvgIpc) is 2.82. The first-order valence-electron chi connectivity index (χ1n) is 8.13. The molecular formula is C21H16O5. The highest BCUT2D eigenvalue weighted by Crippen LogP contribution is 2.53. The Bertz CT molecular complexity index is 1120. The third-order valence-corrected chi connectivity index (χ3v) is 5.24. The fourth-order valence-electron chi connectivity index (χ4n) is 3.88. The van der Waals surface area contributed by atoms with Crippen LogP contribution in [0.1, 0.15) is 45.7 Å². The van der Waals surface area contributed by atoms with Gasteiger partial charge in [0.2, 0.25) is 0 Å². The summed E-state index contributed by atoms with van der Waals surface area (Å²) < 4.78 is 0. The highest BCUT2D eigenvalue weighted by atomic mass is 16.4. The molecule has 1 aliphatic rings. The quantitative estimate of drug-likeness (QED) is 0.643. The predicted octanol–water partition coefficient (Wildman–Crippen LogP) is 4.25. The number of hydrogen-bond donors (Lipinski definition) is 3. The second-order valence-electron chi connectivity index (χ2n) is 7.07. The number of benzene rings is 3. The van der Waals surface area contributed by atoms with E-state index in [1.807, 2.05) is 13.8 Å². The summed E-state index contributed by atoms with van der Waals surface area (Å²) in [7, 11) is 0. The lowest BCUT2D eigenvalue weighted by Crippen LogP contribution is -2.15. The van der Waals surface area contributed by atoms with Crippen LogP contribution in [0.5, 0.6) is 5.75 Å². The van der Waals surface area contributed by atoms with Gasteiger partial charge in [-0.25, -0.2) is 9.59 Å². The number of carboxylic acid groups (broad SMARTS) is 2. The van der Waals surface area contributed by atoms with Crippen LogP contribution in [-0.2, 0) is 5.41 Å². The first kappa shape index (κ1) is 16.1. The van der Waals surface area contributed by atoms with Gasteiger partial charge in [-0.05, 0) is 58.0 Å². The number of carboxylic acids is 2. The lowest BCUT2D eigenvalue weighted by molar-refractivity contribution is 0.0686. The van der Waals surface area contributed by atoms with Gasteiger partial charge in [-0.2, -0.15) is 0 Å². The van der Waals surface area contributed by atoms with Gasteiger partial charge >= 0.3 is 11.9 Å². The fourth-order valence-corrected chi connectivity index (χ4v) is 3.88. The second-order valence-corrected chi connectivity index (χ2v) is 7.07. The summed E-state index contributed by atoms with van der Waals surface area (Å²) in [6.07, 6.45) is 0. The molecule has 0 aliphatic heterocycles. The molecule has 3 aromatic carbocycles. The van der Waals surface area contributed by atoms with Crippen molar-refractivity contribution in [1.82, 2.24) is 0 Å². The van der Waals surface area contributed by atoms with Crippen molar-refractivity contribution < 1.29 is 24.9 Å². The molecule has 0 atom stereocenters. The minimum Gasteiger partial charge on any atom is -0.507 e. The molecule has 0 heterocycles. The van der Waals surface area contributed by atoms with E-state index in [-0.39, 0.29) is 16.9 Å². The van der Waals surface area contributed by atoms with Crippen LogP contribution in [0.15, 0.2) is 42.5 Å². The number of fused-ring (bicyclic) bond motifs is 5. The van der Waals surface area contributed by atoms with Crippen LogP contribution < -0.4 is 0 Å². The molecule has 0 saturated carbocycles. The molecule has 5 nitrogen and oxygen atoms in total. The van der Waals surface area contributed by atoms with Gasteiger partial charge in [0.05, 0.1) is 11.1 Å². The van der Waals surface area contributed by atoms with Gasteiger partial charge in [0, 0.05) is 10.8 Å². The molecule has 5 heteroatoms. The average molecular weight is 348 g/mol. The van der Waals surface area contributed by atoms with Crippen molar-refractivity contribution in [3.63, 3.8) is 0 Å². The Kier molecular flexibility index (Phi) is 3.15. The molecule has 3 aromatic rings. The highest BCUT2D eigenvalue weighted by molar-refractivity contribution is 6.07. The van der Waals surface area contributed by atoms with Crippen molar-refractivity contribution in [3.05, 3.63) is 64.7 Å². The predicted molar refractivity (Wildman–Crippen MR) is 97.1 cm³/mol.